The van der Waals surface area contributed by atoms with Gasteiger partial charge in [0.05, 0.1) is 6.54 Å². The number of amides is 1. The van der Waals surface area contributed by atoms with Crippen LogP contribution in [0.5, 0.6) is 5.75 Å². The van der Waals surface area contributed by atoms with Crippen molar-refractivity contribution in [2.24, 2.45) is 0 Å². The fraction of sp³-hybridized carbons (Fsp3) is 0.167. The Labute approximate surface area is 163 Å². The minimum absolute atomic E-state index is 0.126. The number of rotatable bonds is 4. The SMILES string of the molecule is O=C(c1ccc(F)cc1)N1CCSc2nnc(COc3cccc(Cl)c3)n21. The van der Waals surface area contributed by atoms with E-state index in [4.69, 9.17) is 16.3 Å². The molecule has 1 aliphatic rings. The molecule has 0 fully saturated rings. The zero-order valence-electron chi connectivity index (χ0n) is 14.0. The highest BCUT2D eigenvalue weighted by atomic mass is 35.5. The summed E-state index contributed by atoms with van der Waals surface area (Å²) in [7, 11) is 0. The van der Waals surface area contributed by atoms with Crippen LogP contribution in [0, 0.1) is 5.82 Å². The van der Waals surface area contributed by atoms with Crippen LogP contribution < -0.4 is 9.75 Å². The molecule has 0 unspecified atom stereocenters. The number of aromatic nitrogens is 3. The molecule has 0 spiro atoms. The van der Waals surface area contributed by atoms with Gasteiger partial charge in [-0.15, -0.1) is 10.2 Å². The van der Waals surface area contributed by atoms with Gasteiger partial charge in [-0.05, 0) is 42.5 Å². The van der Waals surface area contributed by atoms with Crippen molar-refractivity contribution in [2.75, 3.05) is 17.3 Å². The fourth-order valence-electron chi connectivity index (χ4n) is 2.68. The van der Waals surface area contributed by atoms with Crippen molar-refractivity contribution in [1.29, 1.82) is 0 Å². The van der Waals surface area contributed by atoms with E-state index in [-0.39, 0.29) is 18.3 Å². The van der Waals surface area contributed by atoms with E-state index in [0.29, 0.717) is 39.6 Å². The van der Waals surface area contributed by atoms with Gasteiger partial charge in [-0.1, -0.05) is 29.4 Å². The number of fused-ring (bicyclic) bond motifs is 1. The Hall–Kier alpha value is -2.58. The van der Waals surface area contributed by atoms with Gasteiger partial charge in [0.25, 0.3) is 5.91 Å². The molecule has 3 aromatic rings. The van der Waals surface area contributed by atoms with Gasteiger partial charge in [0, 0.05) is 16.3 Å². The van der Waals surface area contributed by atoms with Gasteiger partial charge < -0.3 is 4.74 Å². The lowest BCUT2D eigenvalue weighted by Gasteiger charge is -2.29. The van der Waals surface area contributed by atoms with Crippen LogP contribution in [0.3, 0.4) is 0 Å². The average Bonchev–Trinajstić information content (AvgIpc) is 3.10. The second-order valence-corrected chi connectivity index (χ2v) is 7.24. The van der Waals surface area contributed by atoms with E-state index in [0.717, 1.165) is 0 Å². The van der Waals surface area contributed by atoms with Gasteiger partial charge in [0.1, 0.15) is 18.2 Å². The monoisotopic (exact) mass is 404 g/mol. The van der Waals surface area contributed by atoms with Gasteiger partial charge in [0.15, 0.2) is 5.82 Å². The number of benzene rings is 2. The molecule has 0 saturated carbocycles. The number of carbonyl (C=O) groups excluding carboxylic acids is 1. The van der Waals surface area contributed by atoms with Gasteiger partial charge in [-0.3, -0.25) is 4.79 Å². The Morgan fingerprint density at radius 1 is 1.22 bits per heavy atom. The first-order valence-electron chi connectivity index (χ1n) is 8.15. The molecule has 138 valence electrons. The summed E-state index contributed by atoms with van der Waals surface area (Å²) < 4.78 is 20.6. The van der Waals surface area contributed by atoms with Crippen molar-refractivity contribution in [3.05, 3.63) is 70.8 Å². The maximum Gasteiger partial charge on any atom is 0.272 e. The van der Waals surface area contributed by atoms with Gasteiger partial charge in [0.2, 0.25) is 5.16 Å². The molecular formula is C18H14ClFN4O2S. The predicted molar refractivity (Wildman–Crippen MR) is 100 cm³/mol. The molecule has 9 heteroatoms. The lowest BCUT2D eigenvalue weighted by molar-refractivity contribution is 0.0952. The third kappa shape index (κ3) is 3.77. The summed E-state index contributed by atoms with van der Waals surface area (Å²) in [4.78, 5) is 12.9. The number of nitrogens with zero attached hydrogens (tertiary/aromatic N) is 4. The van der Waals surface area contributed by atoms with Gasteiger partial charge in [-0.2, -0.15) is 0 Å². The Morgan fingerprint density at radius 2 is 2.04 bits per heavy atom. The molecule has 0 bridgehead atoms. The Bertz CT molecular complexity index is 980. The summed E-state index contributed by atoms with van der Waals surface area (Å²) in [6, 6.07) is 12.5. The van der Waals surface area contributed by atoms with Crippen LogP contribution in [0.25, 0.3) is 0 Å². The third-order valence-electron chi connectivity index (χ3n) is 3.94. The molecule has 0 radical (unpaired) electrons. The number of hydrogen-bond acceptors (Lipinski definition) is 5. The first-order valence-corrected chi connectivity index (χ1v) is 9.51. The molecule has 0 aliphatic carbocycles. The molecule has 1 aromatic heterocycles. The van der Waals surface area contributed by atoms with Gasteiger partial charge >= 0.3 is 0 Å². The molecule has 2 aromatic carbocycles. The van der Waals surface area contributed by atoms with Crippen molar-refractivity contribution >= 4 is 29.3 Å². The smallest absolute Gasteiger partial charge is 0.272 e. The minimum Gasteiger partial charge on any atom is -0.485 e. The van der Waals surface area contributed by atoms with Crippen LogP contribution >= 0.6 is 23.4 Å². The lowest BCUT2D eigenvalue weighted by Crippen LogP contribution is -2.45. The van der Waals surface area contributed by atoms with E-state index in [9.17, 15) is 9.18 Å². The highest BCUT2D eigenvalue weighted by molar-refractivity contribution is 7.99. The van der Waals surface area contributed by atoms with Crippen molar-refractivity contribution in [3.63, 3.8) is 0 Å². The Kier molecular flexibility index (Phi) is 5.00. The Morgan fingerprint density at radius 3 is 2.81 bits per heavy atom. The molecule has 0 atom stereocenters. The van der Waals surface area contributed by atoms with Gasteiger partial charge in [-0.25, -0.2) is 14.1 Å². The maximum absolute atomic E-state index is 13.2. The van der Waals surface area contributed by atoms with E-state index in [1.165, 1.54) is 36.0 Å². The highest BCUT2D eigenvalue weighted by Crippen LogP contribution is 2.25. The van der Waals surface area contributed by atoms with E-state index in [1.807, 2.05) is 0 Å². The largest absolute Gasteiger partial charge is 0.485 e. The number of carbonyl (C=O) groups is 1. The summed E-state index contributed by atoms with van der Waals surface area (Å²) in [5.41, 5.74) is 0.393. The second kappa shape index (κ2) is 7.58. The summed E-state index contributed by atoms with van der Waals surface area (Å²) in [6.07, 6.45) is 0. The fourth-order valence-corrected chi connectivity index (χ4v) is 3.73. The first-order chi connectivity index (χ1) is 13.1. The summed E-state index contributed by atoms with van der Waals surface area (Å²) in [5.74, 6) is 1.15. The van der Waals surface area contributed by atoms with Crippen LogP contribution in [-0.4, -0.2) is 33.1 Å². The molecule has 6 nitrogen and oxygen atoms in total. The molecule has 27 heavy (non-hydrogen) atoms. The molecule has 2 heterocycles. The number of hydrogen-bond donors (Lipinski definition) is 0. The quantitative estimate of drug-likeness (QED) is 0.665. The Balaban J connectivity index is 1.59. The molecule has 1 aliphatic heterocycles. The molecule has 1 amide bonds. The zero-order chi connectivity index (χ0) is 18.8. The maximum atomic E-state index is 13.2. The zero-order valence-corrected chi connectivity index (χ0v) is 15.6. The number of thioether (sulfide) groups is 1. The van der Waals surface area contributed by atoms with Crippen molar-refractivity contribution in [1.82, 2.24) is 14.9 Å². The van der Waals surface area contributed by atoms with Crippen LogP contribution in [0.2, 0.25) is 5.02 Å². The number of ether oxygens (including phenoxy) is 1. The van der Waals surface area contributed by atoms with Crippen LogP contribution in [0.15, 0.2) is 53.7 Å². The normalized spacial score (nSPS) is 13.3. The molecule has 4 rings (SSSR count). The van der Waals surface area contributed by atoms with E-state index < -0.39 is 0 Å². The van der Waals surface area contributed by atoms with E-state index in [1.54, 1.807) is 34.0 Å². The van der Waals surface area contributed by atoms with Crippen molar-refractivity contribution in [2.45, 2.75) is 11.8 Å². The van der Waals surface area contributed by atoms with Crippen molar-refractivity contribution in [3.8, 4) is 5.75 Å². The topological polar surface area (TPSA) is 60.3 Å². The lowest BCUT2D eigenvalue weighted by atomic mass is 10.2. The van der Waals surface area contributed by atoms with Crippen LogP contribution in [-0.2, 0) is 6.61 Å². The summed E-state index contributed by atoms with van der Waals surface area (Å²) >= 11 is 7.48. The highest BCUT2D eigenvalue weighted by Gasteiger charge is 2.28. The predicted octanol–water partition coefficient (Wildman–Crippen LogP) is 3.53. The standard InChI is InChI=1S/C18H14ClFN4O2S/c19-13-2-1-3-15(10-13)26-11-16-21-22-18-24(16)23(8-9-27-18)17(25)12-4-6-14(20)7-5-12/h1-7,10H,8-9,11H2. The molecule has 0 N–H and O–H groups in total. The van der Waals surface area contributed by atoms with E-state index >= 15 is 0 Å². The van der Waals surface area contributed by atoms with E-state index in [2.05, 4.69) is 10.2 Å². The van der Waals surface area contributed by atoms with Crippen LogP contribution in [0.4, 0.5) is 4.39 Å². The second-order valence-electron chi connectivity index (χ2n) is 5.74. The molecular weight excluding hydrogens is 391 g/mol. The van der Waals surface area contributed by atoms with Crippen LogP contribution in [0.1, 0.15) is 16.2 Å². The third-order valence-corrected chi connectivity index (χ3v) is 5.08. The minimum atomic E-state index is -0.388. The summed E-state index contributed by atoms with van der Waals surface area (Å²) in [6.45, 7) is 0.608. The number of halogens is 2. The van der Waals surface area contributed by atoms with Crippen molar-refractivity contribution < 1.29 is 13.9 Å². The summed E-state index contributed by atoms with van der Waals surface area (Å²) in [5, 5.41) is 11.0. The average molecular weight is 405 g/mol. The molecule has 0 saturated heterocycles. The first kappa shape index (κ1) is 17.8.